The van der Waals surface area contributed by atoms with Crippen LogP contribution in [0.5, 0.6) is 0 Å². The van der Waals surface area contributed by atoms with Crippen molar-refractivity contribution in [2.24, 2.45) is 13.0 Å². The maximum atomic E-state index is 12.2. The molecule has 0 unspecified atom stereocenters. The molecule has 0 aliphatic carbocycles. The predicted octanol–water partition coefficient (Wildman–Crippen LogP) is 1.16. The second-order valence-electron chi connectivity index (χ2n) is 5.44. The van der Waals surface area contributed by atoms with E-state index in [9.17, 15) is 4.79 Å². The van der Waals surface area contributed by atoms with E-state index < -0.39 is 0 Å². The number of carbonyl (C=O) groups is 1. The molecule has 5 nitrogen and oxygen atoms in total. The SMILES string of the molecule is CCc1nn(C)c(CC)c1CNC(=O)C1CCNCC1. The van der Waals surface area contributed by atoms with E-state index in [1.165, 1.54) is 11.3 Å². The summed E-state index contributed by atoms with van der Waals surface area (Å²) in [4.78, 5) is 12.2. The van der Waals surface area contributed by atoms with Crippen LogP contribution >= 0.6 is 0 Å². The molecule has 112 valence electrons. The fourth-order valence-corrected chi connectivity index (χ4v) is 3.00. The van der Waals surface area contributed by atoms with Gasteiger partial charge < -0.3 is 10.6 Å². The molecule has 0 aromatic carbocycles. The van der Waals surface area contributed by atoms with Gasteiger partial charge in [0.25, 0.3) is 0 Å². The minimum absolute atomic E-state index is 0.170. The summed E-state index contributed by atoms with van der Waals surface area (Å²) in [7, 11) is 1.98. The summed E-state index contributed by atoms with van der Waals surface area (Å²) < 4.78 is 1.95. The molecule has 1 aliphatic heterocycles. The van der Waals surface area contributed by atoms with Gasteiger partial charge in [-0.3, -0.25) is 9.48 Å². The fraction of sp³-hybridized carbons (Fsp3) is 0.733. The van der Waals surface area contributed by atoms with Gasteiger partial charge in [0.05, 0.1) is 5.69 Å². The van der Waals surface area contributed by atoms with Crippen molar-refractivity contribution < 1.29 is 4.79 Å². The van der Waals surface area contributed by atoms with Gasteiger partial charge in [0, 0.05) is 30.8 Å². The third-order valence-electron chi connectivity index (χ3n) is 4.18. The molecular formula is C15H26N4O. The number of nitrogens with one attached hydrogen (secondary N) is 2. The summed E-state index contributed by atoms with van der Waals surface area (Å²) in [5.74, 6) is 0.363. The molecule has 0 spiro atoms. The van der Waals surface area contributed by atoms with Crippen LogP contribution in [0.25, 0.3) is 0 Å². The number of aryl methyl sites for hydroxylation is 2. The highest BCUT2D eigenvalue weighted by atomic mass is 16.1. The standard InChI is InChI=1S/C15H26N4O/c1-4-13-12(14(5-2)19(3)18-13)10-17-15(20)11-6-8-16-9-7-11/h11,16H,4-10H2,1-3H3,(H,17,20). The van der Waals surface area contributed by atoms with E-state index in [2.05, 4.69) is 29.6 Å². The van der Waals surface area contributed by atoms with E-state index in [0.717, 1.165) is 44.5 Å². The monoisotopic (exact) mass is 278 g/mol. The Balaban J connectivity index is 2.00. The van der Waals surface area contributed by atoms with E-state index in [1.54, 1.807) is 0 Å². The molecule has 1 fully saturated rings. The van der Waals surface area contributed by atoms with Crippen molar-refractivity contribution in [1.29, 1.82) is 0 Å². The molecule has 2 rings (SSSR count). The Kier molecular flexibility index (Phi) is 5.17. The number of hydrogen-bond acceptors (Lipinski definition) is 3. The molecule has 0 saturated carbocycles. The highest BCUT2D eigenvalue weighted by Crippen LogP contribution is 2.16. The van der Waals surface area contributed by atoms with E-state index in [1.807, 2.05) is 11.7 Å². The van der Waals surface area contributed by atoms with Gasteiger partial charge in [-0.15, -0.1) is 0 Å². The summed E-state index contributed by atoms with van der Waals surface area (Å²) >= 11 is 0. The van der Waals surface area contributed by atoms with Crippen molar-refractivity contribution in [3.8, 4) is 0 Å². The Morgan fingerprint density at radius 2 is 2.05 bits per heavy atom. The number of carbonyl (C=O) groups excluding carboxylic acids is 1. The van der Waals surface area contributed by atoms with E-state index in [4.69, 9.17) is 0 Å². The van der Waals surface area contributed by atoms with Crippen LogP contribution in [0.1, 0.15) is 43.6 Å². The zero-order valence-electron chi connectivity index (χ0n) is 12.8. The van der Waals surface area contributed by atoms with Gasteiger partial charge in [-0.05, 0) is 38.8 Å². The largest absolute Gasteiger partial charge is 0.352 e. The van der Waals surface area contributed by atoms with Crippen molar-refractivity contribution in [2.75, 3.05) is 13.1 Å². The zero-order chi connectivity index (χ0) is 14.5. The summed E-state index contributed by atoms with van der Waals surface area (Å²) in [5, 5.41) is 10.9. The summed E-state index contributed by atoms with van der Waals surface area (Å²) in [6.45, 7) is 6.76. The Morgan fingerprint density at radius 1 is 1.35 bits per heavy atom. The number of amides is 1. The quantitative estimate of drug-likeness (QED) is 0.850. The second kappa shape index (κ2) is 6.88. The summed E-state index contributed by atoms with van der Waals surface area (Å²) in [5.41, 5.74) is 3.54. The van der Waals surface area contributed by atoms with Crippen LogP contribution in [0.3, 0.4) is 0 Å². The Hall–Kier alpha value is -1.36. The van der Waals surface area contributed by atoms with Crippen molar-refractivity contribution >= 4 is 5.91 Å². The van der Waals surface area contributed by atoms with Crippen LogP contribution in [0.2, 0.25) is 0 Å². The second-order valence-corrected chi connectivity index (χ2v) is 5.44. The number of aromatic nitrogens is 2. The molecule has 20 heavy (non-hydrogen) atoms. The molecule has 1 aromatic heterocycles. The van der Waals surface area contributed by atoms with Crippen LogP contribution in [0.15, 0.2) is 0 Å². The molecule has 1 saturated heterocycles. The maximum Gasteiger partial charge on any atom is 0.223 e. The number of piperidine rings is 1. The number of hydrogen-bond donors (Lipinski definition) is 2. The van der Waals surface area contributed by atoms with Crippen molar-refractivity contribution in [3.05, 3.63) is 17.0 Å². The smallest absolute Gasteiger partial charge is 0.223 e. The average Bonchev–Trinajstić information content (AvgIpc) is 2.80. The average molecular weight is 278 g/mol. The van der Waals surface area contributed by atoms with Gasteiger partial charge in [-0.25, -0.2) is 0 Å². The molecule has 0 atom stereocenters. The van der Waals surface area contributed by atoms with Crippen molar-refractivity contribution in [3.63, 3.8) is 0 Å². The first-order valence-electron chi connectivity index (χ1n) is 7.69. The lowest BCUT2D eigenvalue weighted by atomic mass is 9.97. The van der Waals surface area contributed by atoms with Gasteiger partial charge in [0.1, 0.15) is 0 Å². The van der Waals surface area contributed by atoms with Gasteiger partial charge in [0.2, 0.25) is 5.91 Å². The minimum Gasteiger partial charge on any atom is -0.352 e. The van der Waals surface area contributed by atoms with Gasteiger partial charge in [-0.1, -0.05) is 13.8 Å². The van der Waals surface area contributed by atoms with Crippen molar-refractivity contribution in [2.45, 2.75) is 46.1 Å². The van der Waals surface area contributed by atoms with Gasteiger partial charge in [0.15, 0.2) is 0 Å². The van der Waals surface area contributed by atoms with E-state index in [0.29, 0.717) is 6.54 Å². The van der Waals surface area contributed by atoms with Crippen LogP contribution < -0.4 is 10.6 Å². The van der Waals surface area contributed by atoms with E-state index in [-0.39, 0.29) is 11.8 Å². The highest BCUT2D eigenvalue weighted by molar-refractivity contribution is 5.78. The first-order valence-corrected chi connectivity index (χ1v) is 7.69. The molecule has 2 N–H and O–H groups in total. The third-order valence-corrected chi connectivity index (χ3v) is 4.18. The first-order chi connectivity index (χ1) is 9.67. The lowest BCUT2D eigenvalue weighted by Crippen LogP contribution is -2.38. The maximum absolute atomic E-state index is 12.2. The van der Waals surface area contributed by atoms with Crippen LogP contribution in [-0.2, 0) is 31.2 Å². The molecule has 1 amide bonds. The number of nitrogens with zero attached hydrogens (tertiary/aromatic N) is 2. The molecule has 0 bridgehead atoms. The Morgan fingerprint density at radius 3 is 2.65 bits per heavy atom. The molecule has 1 aliphatic rings. The van der Waals surface area contributed by atoms with Gasteiger partial charge in [-0.2, -0.15) is 5.10 Å². The highest BCUT2D eigenvalue weighted by Gasteiger charge is 2.21. The van der Waals surface area contributed by atoms with Crippen LogP contribution in [-0.4, -0.2) is 28.8 Å². The molecule has 1 aromatic rings. The summed E-state index contributed by atoms with van der Waals surface area (Å²) in [6, 6.07) is 0. The zero-order valence-corrected chi connectivity index (χ0v) is 12.8. The number of rotatable bonds is 5. The van der Waals surface area contributed by atoms with E-state index >= 15 is 0 Å². The molecule has 5 heteroatoms. The fourth-order valence-electron chi connectivity index (χ4n) is 3.00. The normalized spacial score (nSPS) is 16.4. The van der Waals surface area contributed by atoms with Gasteiger partial charge >= 0.3 is 0 Å². The Labute approximate surface area is 121 Å². The third kappa shape index (κ3) is 3.20. The topological polar surface area (TPSA) is 59.0 Å². The predicted molar refractivity (Wildman–Crippen MR) is 79.4 cm³/mol. The first kappa shape index (κ1) is 15.0. The lowest BCUT2D eigenvalue weighted by molar-refractivity contribution is -0.125. The minimum atomic E-state index is 0.170. The van der Waals surface area contributed by atoms with Crippen LogP contribution in [0.4, 0.5) is 0 Å². The molecular weight excluding hydrogens is 252 g/mol. The lowest BCUT2D eigenvalue weighted by Gasteiger charge is -2.21. The molecule has 0 radical (unpaired) electrons. The molecule has 2 heterocycles. The summed E-state index contributed by atoms with van der Waals surface area (Å²) in [6.07, 6.45) is 3.74. The Bertz CT molecular complexity index is 461. The van der Waals surface area contributed by atoms with Crippen molar-refractivity contribution in [1.82, 2.24) is 20.4 Å². The van der Waals surface area contributed by atoms with Crippen LogP contribution in [0, 0.1) is 5.92 Å².